The van der Waals surface area contributed by atoms with Gasteiger partial charge in [0.1, 0.15) is 0 Å². The lowest BCUT2D eigenvalue weighted by Crippen LogP contribution is -2.59. The number of hydrogen-bond donors (Lipinski definition) is 1. The van der Waals surface area contributed by atoms with Crippen molar-refractivity contribution in [2.75, 3.05) is 41.3 Å². The van der Waals surface area contributed by atoms with Crippen LogP contribution < -0.4 is 0 Å². The van der Waals surface area contributed by atoms with Crippen LogP contribution in [0.25, 0.3) is 0 Å². The van der Waals surface area contributed by atoms with Crippen molar-refractivity contribution in [3.8, 4) is 0 Å². The number of aliphatic carboxylic acids is 1. The molecule has 1 fully saturated rings. The van der Waals surface area contributed by atoms with Crippen LogP contribution in [0.1, 0.15) is 6.92 Å². The molecule has 5 nitrogen and oxygen atoms in total. The topological polar surface area (TPSA) is 43.8 Å². The second-order valence-electron chi connectivity index (χ2n) is 5.04. The zero-order valence-electron chi connectivity index (χ0n) is 10.3. The van der Waals surface area contributed by atoms with E-state index in [1.165, 1.54) is 0 Å². The Morgan fingerprint density at radius 2 is 2.13 bits per heavy atom. The zero-order chi connectivity index (χ0) is 11.8. The van der Waals surface area contributed by atoms with E-state index in [1.807, 2.05) is 21.1 Å². The average Bonchev–Trinajstić information content (AvgIpc) is 2.20. The summed E-state index contributed by atoms with van der Waals surface area (Å²) in [6.45, 7) is 3.20. The lowest BCUT2D eigenvalue weighted by molar-refractivity contribution is -0.931. The van der Waals surface area contributed by atoms with E-state index in [0.29, 0.717) is 10.5 Å². The number of likely N-dealkylation sites (N-methyl/N-ethyl adjacent to an activating group) is 2. The summed E-state index contributed by atoms with van der Waals surface area (Å²) in [6, 6.07) is 0.418. The van der Waals surface area contributed by atoms with Gasteiger partial charge in [0, 0.05) is 0 Å². The van der Waals surface area contributed by atoms with Crippen LogP contribution in [0.3, 0.4) is 0 Å². The first-order valence-electron chi connectivity index (χ1n) is 5.22. The van der Waals surface area contributed by atoms with Gasteiger partial charge in [0.2, 0.25) is 6.29 Å². The summed E-state index contributed by atoms with van der Waals surface area (Å²) in [5, 5.41) is 8.96. The van der Waals surface area contributed by atoms with Crippen LogP contribution >= 0.6 is 0 Å². The van der Waals surface area contributed by atoms with Gasteiger partial charge in [-0.2, -0.15) is 0 Å². The predicted octanol–water partition coefficient (Wildman–Crippen LogP) is -0.303. The molecule has 1 heterocycles. The van der Waals surface area contributed by atoms with Gasteiger partial charge in [-0.25, -0.2) is 14.6 Å². The summed E-state index contributed by atoms with van der Waals surface area (Å²) in [5.41, 5.74) is 0. The Balaban J connectivity index is 2.91. The lowest BCUT2D eigenvalue weighted by Gasteiger charge is -2.39. The molecule has 0 aromatic rings. The lowest BCUT2D eigenvalue weighted by atomic mass is 10.3. The largest absolute Gasteiger partial charge is 0.477 e. The van der Waals surface area contributed by atoms with Gasteiger partial charge in [0.25, 0.3) is 0 Å². The Labute approximate surface area is 91.5 Å². The van der Waals surface area contributed by atoms with Gasteiger partial charge >= 0.3 is 5.97 Å². The minimum Gasteiger partial charge on any atom is -0.477 e. The Morgan fingerprint density at radius 3 is 2.53 bits per heavy atom. The van der Waals surface area contributed by atoms with Crippen molar-refractivity contribution < 1.29 is 14.4 Å². The van der Waals surface area contributed by atoms with E-state index in [1.54, 1.807) is 0 Å². The fourth-order valence-electron chi connectivity index (χ4n) is 2.87. The SMILES string of the molecule is CC1C[N+](C)(CC(=O)O)C(N(C)C)N1C. The molecule has 0 spiro atoms. The maximum absolute atomic E-state index is 10.9. The molecule has 0 amide bonds. The van der Waals surface area contributed by atoms with Crippen LogP contribution in [0.15, 0.2) is 0 Å². The zero-order valence-corrected chi connectivity index (χ0v) is 10.3. The predicted molar refractivity (Wildman–Crippen MR) is 58.3 cm³/mol. The van der Waals surface area contributed by atoms with Crippen LogP contribution in [-0.2, 0) is 4.79 Å². The van der Waals surface area contributed by atoms with Crippen molar-refractivity contribution in [3.63, 3.8) is 0 Å². The van der Waals surface area contributed by atoms with Crippen molar-refractivity contribution in [1.82, 2.24) is 9.80 Å². The van der Waals surface area contributed by atoms with Crippen LogP contribution in [0.5, 0.6) is 0 Å². The van der Waals surface area contributed by atoms with Crippen LogP contribution in [-0.4, -0.2) is 79.0 Å². The van der Waals surface area contributed by atoms with Gasteiger partial charge in [-0.1, -0.05) is 0 Å². The molecule has 0 radical (unpaired) electrons. The van der Waals surface area contributed by atoms with E-state index in [0.717, 1.165) is 6.54 Å². The van der Waals surface area contributed by atoms with E-state index in [2.05, 4.69) is 23.8 Å². The summed E-state index contributed by atoms with van der Waals surface area (Å²) in [5.74, 6) is -0.730. The molecule has 0 aromatic carbocycles. The molecule has 0 saturated carbocycles. The molecule has 0 aromatic heterocycles. The highest BCUT2D eigenvalue weighted by molar-refractivity contribution is 5.68. The second kappa shape index (κ2) is 4.08. The van der Waals surface area contributed by atoms with Gasteiger partial charge in [-0.15, -0.1) is 0 Å². The molecule has 0 bridgehead atoms. The summed E-state index contributed by atoms with van der Waals surface area (Å²) in [7, 11) is 8.06. The minimum absolute atomic E-state index is 0.149. The standard InChI is InChI=1S/C10H21N3O2/c1-8-6-13(5,7-9(14)15)10(11(2)3)12(8)4/h8,10H,6-7H2,1-5H3/p+1. The number of quaternary nitrogens is 1. The maximum Gasteiger partial charge on any atom is 0.359 e. The fourth-order valence-corrected chi connectivity index (χ4v) is 2.87. The monoisotopic (exact) mass is 216 g/mol. The van der Waals surface area contributed by atoms with Gasteiger partial charge < -0.3 is 5.11 Å². The van der Waals surface area contributed by atoms with Gasteiger partial charge in [-0.3, -0.25) is 4.48 Å². The highest BCUT2D eigenvalue weighted by atomic mass is 16.4. The van der Waals surface area contributed by atoms with Gasteiger partial charge in [-0.05, 0) is 28.1 Å². The van der Waals surface area contributed by atoms with Crippen molar-refractivity contribution >= 4 is 5.97 Å². The quantitative estimate of drug-likeness (QED) is 0.658. The van der Waals surface area contributed by atoms with E-state index < -0.39 is 5.97 Å². The summed E-state index contributed by atoms with van der Waals surface area (Å²) < 4.78 is 0.556. The molecule has 15 heavy (non-hydrogen) atoms. The average molecular weight is 216 g/mol. The molecule has 0 aliphatic carbocycles. The highest BCUT2D eigenvalue weighted by Gasteiger charge is 2.48. The molecule has 5 heteroatoms. The molecule has 1 aliphatic rings. The van der Waals surface area contributed by atoms with Crippen molar-refractivity contribution in [2.24, 2.45) is 0 Å². The molecule has 1 saturated heterocycles. The van der Waals surface area contributed by atoms with Crippen LogP contribution in [0.4, 0.5) is 0 Å². The third-order valence-electron chi connectivity index (χ3n) is 3.26. The molecule has 88 valence electrons. The van der Waals surface area contributed by atoms with Gasteiger partial charge in [0.15, 0.2) is 6.54 Å². The number of carboxylic acid groups (broad SMARTS) is 1. The molecular formula is C10H22N3O2+. The first kappa shape index (κ1) is 12.4. The second-order valence-corrected chi connectivity index (χ2v) is 5.04. The van der Waals surface area contributed by atoms with Crippen LogP contribution in [0, 0.1) is 0 Å². The highest BCUT2D eigenvalue weighted by Crippen LogP contribution is 2.26. The number of nitrogens with zero attached hydrogens (tertiary/aromatic N) is 3. The van der Waals surface area contributed by atoms with E-state index in [9.17, 15) is 4.79 Å². The molecule has 1 rings (SSSR count). The van der Waals surface area contributed by atoms with E-state index in [-0.39, 0.29) is 12.8 Å². The number of carboxylic acids is 1. The molecular weight excluding hydrogens is 194 g/mol. The van der Waals surface area contributed by atoms with Crippen molar-refractivity contribution in [1.29, 1.82) is 0 Å². The minimum atomic E-state index is -0.730. The van der Waals surface area contributed by atoms with Crippen molar-refractivity contribution in [2.45, 2.75) is 19.3 Å². The third-order valence-corrected chi connectivity index (χ3v) is 3.26. The molecule has 3 atom stereocenters. The fraction of sp³-hybridized carbons (Fsp3) is 0.900. The smallest absolute Gasteiger partial charge is 0.359 e. The number of rotatable bonds is 3. The summed E-state index contributed by atoms with van der Waals surface area (Å²) in [6.07, 6.45) is 0.149. The number of carbonyl (C=O) groups is 1. The van der Waals surface area contributed by atoms with E-state index >= 15 is 0 Å². The molecule has 3 unspecified atom stereocenters. The van der Waals surface area contributed by atoms with Crippen molar-refractivity contribution in [3.05, 3.63) is 0 Å². The Hall–Kier alpha value is -0.650. The maximum atomic E-state index is 10.9. The summed E-state index contributed by atoms with van der Waals surface area (Å²) in [4.78, 5) is 15.2. The van der Waals surface area contributed by atoms with Crippen LogP contribution in [0.2, 0.25) is 0 Å². The Bertz CT molecular complexity index is 257. The first-order valence-corrected chi connectivity index (χ1v) is 5.22. The Morgan fingerprint density at radius 1 is 1.60 bits per heavy atom. The first-order chi connectivity index (χ1) is 6.78. The van der Waals surface area contributed by atoms with Gasteiger partial charge in [0.05, 0.1) is 19.6 Å². The number of hydrogen-bond acceptors (Lipinski definition) is 3. The van der Waals surface area contributed by atoms with E-state index in [4.69, 9.17) is 5.11 Å². The summed E-state index contributed by atoms with van der Waals surface area (Å²) >= 11 is 0. The Kier molecular flexibility index (Phi) is 3.38. The third kappa shape index (κ3) is 2.30. The molecule has 1 aliphatic heterocycles. The normalized spacial score (nSPS) is 37.5. The molecule has 1 N–H and O–H groups in total.